The average Bonchev–Trinajstić information content (AvgIpc) is 3.25. The van der Waals surface area contributed by atoms with Crippen molar-refractivity contribution in [3.05, 3.63) is 30.1 Å². The number of amides is 1. The van der Waals surface area contributed by atoms with Gasteiger partial charge in [-0.15, -0.1) is 0 Å². The Labute approximate surface area is 193 Å². The predicted octanol–water partition coefficient (Wildman–Crippen LogP) is 4.38. The minimum absolute atomic E-state index is 0.0258. The van der Waals surface area contributed by atoms with Gasteiger partial charge in [0, 0.05) is 35.9 Å². The quantitative estimate of drug-likeness (QED) is 0.416. The Bertz CT molecular complexity index is 1170. The molecule has 0 bridgehead atoms. The molecule has 9 nitrogen and oxygen atoms in total. The van der Waals surface area contributed by atoms with Gasteiger partial charge in [0.05, 0.1) is 30.6 Å². The Balaban J connectivity index is 1.81. The lowest BCUT2D eigenvalue weighted by Crippen LogP contribution is -2.38. The SMILES string of the molecule is CCOc1c(NC(=O)OC)ccc2c(-c3nc(N[C@H]4CCCNC4)ncc3C(F)(F)F)c[nH]c12. The predicted molar refractivity (Wildman–Crippen MR) is 121 cm³/mol. The third-order valence-electron chi connectivity index (χ3n) is 5.50. The van der Waals surface area contributed by atoms with Crippen LogP contribution >= 0.6 is 0 Å². The number of nitrogens with one attached hydrogen (secondary N) is 4. The van der Waals surface area contributed by atoms with Crippen LogP contribution in [-0.4, -0.2) is 53.9 Å². The summed E-state index contributed by atoms with van der Waals surface area (Å²) in [5.74, 6) is 0.408. The van der Waals surface area contributed by atoms with Crippen molar-refractivity contribution in [1.29, 1.82) is 0 Å². The van der Waals surface area contributed by atoms with E-state index in [0.29, 0.717) is 23.1 Å². The van der Waals surface area contributed by atoms with E-state index in [1.54, 1.807) is 19.1 Å². The molecule has 182 valence electrons. The number of rotatable bonds is 6. The number of nitrogens with zero attached hydrogens (tertiary/aromatic N) is 2. The van der Waals surface area contributed by atoms with Crippen LogP contribution in [0.1, 0.15) is 25.3 Å². The summed E-state index contributed by atoms with van der Waals surface area (Å²) in [6.45, 7) is 3.62. The third-order valence-corrected chi connectivity index (χ3v) is 5.50. The topological polar surface area (TPSA) is 113 Å². The standard InChI is InChI=1S/C22H25F3N6O3/c1-3-34-19-16(30-21(32)33-2)7-6-13-14(10-27-18(13)19)17-15(22(23,24)25)11-28-20(31-17)29-12-5-4-8-26-9-12/h6-7,10-12,26-27H,3-5,8-9H2,1-2H3,(H,30,32)(H,28,29,31)/t12-/m0/s1. The number of methoxy groups -OCH3 is 1. The number of alkyl halides is 3. The molecule has 4 N–H and O–H groups in total. The van der Waals surface area contributed by atoms with Crippen LogP contribution < -0.4 is 20.7 Å². The van der Waals surface area contributed by atoms with Crippen LogP contribution in [0.15, 0.2) is 24.5 Å². The van der Waals surface area contributed by atoms with Crippen LogP contribution in [-0.2, 0) is 10.9 Å². The zero-order valence-electron chi connectivity index (χ0n) is 18.7. The fourth-order valence-electron chi connectivity index (χ4n) is 3.94. The molecule has 1 amide bonds. The number of piperidine rings is 1. The number of hydrogen-bond acceptors (Lipinski definition) is 7. The number of aromatic amines is 1. The van der Waals surface area contributed by atoms with E-state index in [1.165, 1.54) is 13.3 Å². The largest absolute Gasteiger partial charge is 0.489 e. The lowest BCUT2D eigenvalue weighted by molar-refractivity contribution is -0.137. The molecule has 3 aromatic rings. The Morgan fingerprint density at radius 1 is 1.32 bits per heavy atom. The van der Waals surface area contributed by atoms with Crippen LogP contribution in [0.25, 0.3) is 22.2 Å². The number of anilines is 2. The molecule has 1 aliphatic heterocycles. The molecule has 0 spiro atoms. The van der Waals surface area contributed by atoms with Crippen LogP contribution in [0.3, 0.4) is 0 Å². The minimum Gasteiger partial charge on any atom is -0.489 e. The lowest BCUT2D eigenvalue weighted by Gasteiger charge is -2.24. The molecule has 1 aromatic carbocycles. The van der Waals surface area contributed by atoms with Gasteiger partial charge in [-0.2, -0.15) is 13.2 Å². The summed E-state index contributed by atoms with van der Waals surface area (Å²) in [5, 5.41) is 9.37. The van der Waals surface area contributed by atoms with Gasteiger partial charge >= 0.3 is 12.3 Å². The first-order valence-corrected chi connectivity index (χ1v) is 10.9. The van der Waals surface area contributed by atoms with E-state index in [2.05, 4.69) is 35.6 Å². The Kier molecular flexibility index (Phi) is 6.77. The average molecular weight is 478 g/mol. The summed E-state index contributed by atoms with van der Waals surface area (Å²) in [7, 11) is 1.23. The van der Waals surface area contributed by atoms with E-state index >= 15 is 0 Å². The Hall–Kier alpha value is -3.54. The van der Waals surface area contributed by atoms with E-state index in [-0.39, 0.29) is 35.6 Å². The Morgan fingerprint density at radius 2 is 2.15 bits per heavy atom. The van der Waals surface area contributed by atoms with Gasteiger partial charge in [-0.1, -0.05) is 0 Å². The fraction of sp³-hybridized carbons (Fsp3) is 0.409. The fourth-order valence-corrected chi connectivity index (χ4v) is 3.94. The number of ether oxygens (including phenoxy) is 2. The van der Waals surface area contributed by atoms with Crippen LogP contribution in [0.4, 0.5) is 29.6 Å². The minimum atomic E-state index is -4.65. The van der Waals surface area contributed by atoms with Crippen LogP contribution in [0, 0.1) is 0 Å². The van der Waals surface area contributed by atoms with Crippen molar-refractivity contribution in [2.24, 2.45) is 0 Å². The molecule has 3 heterocycles. The molecule has 1 aliphatic rings. The molecule has 1 fully saturated rings. The summed E-state index contributed by atoms with van der Waals surface area (Å²) in [5.41, 5.74) is -0.226. The molecule has 34 heavy (non-hydrogen) atoms. The van der Waals surface area contributed by atoms with Gasteiger partial charge in [-0.25, -0.2) is 14.8 Å². The van der Waals surface area contributed by atoms with Gasteiger partial charge in [0.25, 0.3) is 0 Å². The van der Waals surface area contributed by atoms with Crippen LogP contribution in [0.2, 0.25) is 0 Å². The molecular weight excluding hydrogens is 453 g/mol. The maximum atomic E-state index is 13.9. The van der Waals surface area contributed by atoms with Gasteiger partial charge in [0.1, 0.15) is 5.56 Å². The first kappa shape index (κ1) is 23.6. The smallest absolute Gasteiger partial charge is 0.419 e. The normalized spacial score (nSPS) is 16.3. The number of benzene rings is 1. The molecule has 1 saturated heterocycles. The van der Waals surface area contributed by atoms with E-state index in [9.17, 15) is 18.0 Å². The highest BCUT2D eigenvalue weighted by Gasteiger charge is 2.36. The van der Waals surface area contributed by atoms with Gasteiger partial charge in [-0.05, 0) is 38.4 Å². The van der Waals surface area contributed by atoms with Crippen molar-refractivity contribution in [2.45, 2.75) is 32.0 Å². The van der Waals surface area contributed by atoms with Crippen molar-refractivity contribution in [3.63, 3.8) is 0 Å². The number of aromatic nitrogens is 3. The zero-order chi connectivity index (χ0) is 24.3. The highest BCUT2D eigenvalue weighted by atomic mass is 19.4. The second kappa shape index (κ2) is 9.75. The lowest BCUT2D eigenvalue weighted by atomic mass is 10.0. The first-order valence-electron chi connectivity index (χ1n) is 10.9. The highest BCUT2D eigenvalue weighted by molar-refractivity contribution is 6.03. The summed E-state index contributed by atoms with van der Waals surface area (Å²) in [6.07, 6.45) is -1.28. The number of H-pyrrole nitrogens is 1. The van der Waals surface area contributed by atoms with E-state index in [0.717, 1.165) is 25.6 Å². The molecule has 0 unspecified atom stereocenters. The molecule has 0 radical (unpaired) electrons. The Morgan fingerprint density at radius 3 is 2.82 bits per heavy atom. The van der Waals surface area contributed by atoms with Crippen molar-refractivity contribution in [3.8, 4) is 17.0 Å². The molecule has 12 heteroatoms. The second-order valence-electron chi connectivity index (χ2n) is 7.76. The first-order chi connectivity index (χ1) is 16.3. The summed E-state index contributed by atoms with van der Waals surface area (Å²) >= 11 is 0. The number of carbonyl (C=O) groups excluding carboxylic acids is 1. The van der Waals surface area contributed by atoms with Crippen molar-refractivity contribution in [1.82, 2.24) is 20.3 Å². The maximum Gasteiger partial charge on any atom is 0.419 e. The van der Waals surface area contributed by atoms with Gasteiger partial charge in [-0.3, -0.25) is 5.32 Å². The molecule has 0 saturated carbocycles. The summed E-state index contributed by atoms with van der Waals surface area (Å²) < 4.78 is 51.9. The summed E-state index contributed by atoms with van der Waals surface area (Å²) in [6, 6.07) is 3.16. The molecule has 0 aliphatic carbocycles. The number of halogens is 3. The molecule has 2 aromatic heterocycles. The highest BCUT2D eigenvalue weighted by Crippen LogP contribution is 2.42. The van der Waals surface area contributed by atoms with Crippen molar-refractivity contribution < 1.29 is 27.4 Å². The van der Waals surface area contributed by atoms with Gasteiger partial charge in [0.2, 0.25) is 5.95 Å². The van der Waals surface area contributed by atoms with Gasteiger partial charge < -0.3 is 25.1 Å². The molecule has 4 rings (SSSR count). The monoisotopic (exact) mass is 478 g/mol. The van der Waals surface area contributed by atoms with Crippen molar-refractivity contribution in [2.75, 3.05) is 37.4 Å². The number of fused-ring (bicyclic) bond motifs is 1. The van der Waals surface area contributed by atoms with E-state index in [1.807, 2.05) is 0 Å². The van der Waals surface area contributed by atoms with Crippen LogP contribution in [0.5, 0.6) is 5.75 Å². The number of hydrogen-bond donors (Lipinski definition) is 4. The van der Waals surface area contributed by atoms with E-state index in [4.69, 9.17) is 4.74 Å². The number of carbonyl (C=O) groups is 1. The zero-order valence-corrected chi connectivity index (χ0v) is 18.7. The third kappa shape index (κ3) is 4.86. The van der Waals surface area contributed by atoms with Crippen molar-refractivity contribution >= 4 is 28.6 Å². The maximum absolute atomic E-state index is 13.9. The van der Waals surface area contributed by atoms with Gasteiger partial charge in [0.15, 0.2) is 5.75 Å². The molecular formula is C22H25F3N6O3. The molecule has 1 atom stereocenters. The van der Waals surface area contributed by atoms with E-state index < -0.39 is 17.8 Å². The second-order valence-corrected chi connectivity index (χ2v) is 7.76. The summed E-state index contributed by atoms with van der Waals surface area (Å²) in [4.78, 5) is 22.9.